The smallest absolute Gasteiger partial charge is 0.363 e. The third-order valence-corrected chi connectivity index (χ3v) is 2.33. The molecule has 100 valence electrons. The summed E-state index contributed by atoms with van der Waals surface area (Å²) in [6.45, 7) is 6.67. The van der Waals surface area contributed by atoms with Crippen molar-refractivity contribution in [2.24, 2.45) is 0 Å². The van der Waals surface area contributed by atoms with Crippen molar-refractivity contribution in [2.45, 2.75) is 33.7 Å². The highest BCUT2D eigenvalue weighted by molar-refractivity contribution is 5.73. The van der Waals surface area contributed by atoms with Crippen LogP contribution >= 0.6 is 0 Å². The van der Waals surface area contributed by atoms with Crippen molar-refractivity contribution in [3.63, 3.8) is 0 Å². The zero-order valence-electron chi connectivity index (χ0n) is 11.1. The maximum absolute atomic E-state index is 11.7. The first-order valence-corrected chi connectivity index (χ1v) is 6.12. The fourth-order valence-electron chi connectivity index (χ4n) is 1.39. The molecule has 0 aliphatic carbocycles. The summed E-state index contributed by atoms with van der Waals surface area (Å²) in [6.07, 6.45) is -0.926. The number of hydrogen-bond acceptors (Lipinski definition) is 4. The van der Waals surface area contributed by atoms with Gasteiger partial charge in [0.1, 0.15) is 6.61 Å². The van der Waals surface area contributed by atoms with Crippen LogP contribution in [0, 0.1) is 6.92 Å². The highest BCUT2D eigenvalue weighted by Crippen LogP contribution is 2.06. The third kappa shape index (κ3) is 4.85. The summed E-state index contributed by atoms with van der Waals surface area (Å²) in [5, 5.41) is 0. The van der Waals surface area contributed by atoms with E-state index in [9.17, 15) is 4.79 Å². The average Bonchev–Trinajstić information content (AvgIpc) is 2.37. The number of benzene rings is 1. The van der Waals surface area contributed by atoms with Gasteiger partial charge in [0.2, 0.25) is 0 Å². The molecule has 0 atom stereocenters. The van der Waals surface area contributed by atoms with E-state index in [1.165, 1.54) is 5.56 Å². The van der Waals surface area contributed by atoms with Crippen molar-refractivity contribution in [1.82, 2.24) is 0 Å². The van der Waals surface area contributed by atoms with Gasteiger partial charge >= 0.3 is 5.97 Å². The molecule has 0 N–H and O–H groups in total. The predicted molar refractivity (Wildman–Crippen MR) is 68.0 cm³/mol. The lowest BCUT2D eigenvalue weighted by atomic mass is 10.2. The van der Waals surface area contributed by atoms with Crippen molar-refractivity contribution < 1.29 is 19.0 Å². The van der Waals surface area contributed by atoms with Gasteiger partial charge in [0.15, 0.2) is 0 Å². The Bertz CT molecular complexity index is 353. The molecule has 0 unspecified atom stereocenters. The van der Waals surface area contributed by atoms with E-state index in [1.807, 2.05) is 31.2 Å². The Hall–Kier alpha value is -1.39. The Balaban J connectivity index is 2.45. The largest absolute Gasteiger partial charge is 0.457 e. The molecule has 1 aromatic carbocycles. The Morgan fingerprint density at radius 2 is 1.67 bits per heavy atom. The highest BCUT2D eigenvalue weighted by atomic mass is 16.7. The van der Waals surface area contributed by atoms with Crippen LogP contribution in [-0.4, -0.2) is 25.5 Å². The molecule has 0 spiro atoms. The summed E-state index contributed by atoms with van der Waals surface area (Å²) in [5.41, 5.74) is 2.12. The molecule has 1 rings (SSSR count). The number of ether oxygens (including phenoxy) is 3. The van der Waals surface area contributed by atoms with Crippen LogP contribution in [0.4, 0.5) is 0 Å². The van der Waals surface area contributed by atoms with Crippen LogP contribution in [0.1, 0.15) is 25.0 Å². The minimum atomic E-state index is -0.926. The zero-order valence-corrected chi connectivity index (χ0v) is 11.1. The van der Waals surface area contributed by atoms with Crippen molar-refractivity contribution in [2.75, 3.05) is 13.2 Å². The van der Waals surface area contributed by atoms with E-state index in [-0.39, 0.29) is 6.61 Å². The van der Waals surface area contributed by atoms with Gasteiger partial charge in [-0.15, -0.1) is 0 Å². The highest BCUT2D eigenvalue weighted by Gasteiger charge is 2.20. The number of carbonyl (C=O) groups is 1. The summed E-state index contributed by atoms with van der Waals surface area (Å²) in [4.78, 5) is 11.7. The Morgan fingerprint density at radius 1 is 1.11 bits per heavy atom. The fourth-order valence-corrected chi connectivity index (χ4v) is 1.39. The molecule has 0 aliphatic heterocycles. The van der Waals surface area contributed by atoms with Gasteiger partial charge in [0, 0.05) is 13.2 Å². The summed E-state index contributed by atoms with van der Waals surface area (Å²) in [7, 11) is 0. The topological polar surface area (TPSA) is 44.8 Å². The molecular weight excluding hydrogens is 232 g/mol. The lowest BCUT2D eigenvalue weighted by molar-refractivity contribution is -0.194. The Labute approximate surface area is 108 Å². The lowest BCUT2D eigenvalue weighted by Gasteiger charge is -2.15. The molecule has 0 heterocycles. The van der Waals surface area contributed by atoms with Gasteiger partial charge in [0.05, 0.1) is 0 Å². The van der Waals surface area contributed by atoms with E-state index < -0.39 is 12.3 Å². The molecule has 1 aromatic rings. The molecule has 0 bridgehead atoms. The van der Waals surface area contributed by atoms with Gasteiger partial charge in [-0.2, -0.15) is 0 Å². The van der Waals surface area contributed by atoms with E-state index in [0.717, 1.165) is 5.56 Å². The second-order valence-corrected chi connectivity index (χ2v) is 3.84. The Kier molecular flexibility index (Phi) is 6.39. The summed E-state index contributed by atoms with van der Waals surface area (Å²) in [5.74, 6) is -0.487. The van der Waals surface area contributed by atoms with Gasteiger partial charge in [-0.3, -0.25) is 0 Å². The van der Waals surface area contributed by atoms with E-state index in [1.54, 1.807) is 13.8 Å². The quantitative estimate of drug-likeness (QED) is 0.552. The van der Waals surface area contributed by atoms with Gasteiger partial charge in [0.25, 0.3) is 6.29 Å². The van der Waals surface area contributed by atoms with Crippen LogP contribution in [0.3, 0.4) is 0 Å². The molecule has 0 amide bonds. The van der Waals surface area contributed by atoms with E-state index >= 15 is 0 Å². The van der Waals surface area contributed by atoms with E-state index in [0.29, 0.717) is 13.2 Å². The fraction of sp³-hybridized carbons (Fsp3) is 0.500. The van der Waals surface area contributed by atoms with E-state index in [4.69, 9.17) is 14.2 Å². The Morgan fingerprint density at radius 3 is 2.17 bits per heavy atom. The van der Waals surface area contributed by atoms with E-state index in [2.05, 4.69) is 0 Å². The molecule has 0 fully saturated rings. The second-order valence-electron chi connectivity index (χ2n) is 3.84. The third-order valence-electron chi connectivity index (χ3n) is 2.33. The molecule has 0 aromatic heterocycles. The molecule has 0 saturated carbocycles. The van der Waals surface area contributed by atoms with Gasteiger partial charge < -0.3 is 14.2 Å². The van der Waals surface area contributed by atoms with Gasteiger partial charge in [-0.1, -0.05) is 29.8 Å². The first-order valence-electron chi connectivity index (χ1n) is 6.12. The molecule has 4 nitrogen and oxygen atoms in total. The number of hydrogen-bond donors (Lipinski definition) is 0. The van der Waals surface area contributed by atoms with Crippen LogP contribution in [0.15, 0.2) is 24.3 Å². The molecule has 0 radical (unpaired) electrons. The number of rotatable bonds is 7. The molecule has 18 heavy (non-hydrogen) atoms. The zero-order chi connectivity index (χ0) is 13.4. The summed E-state index contributed by atoms with van der Waals surface area (Å²) in [6, 6.07) is 7.81. The monoisotopic (exact) mass is 252 g/mol. The van der Waals surface area contributed by atoms with Crippen LogP contribution in [0.2, 0.25) is 0 Å². The summed E-state index contributed by atoms with van der Waals surface area (Å²) >= 11 is 0. The van der Waals surface area contributed by atoms with Crippen molar-refractivity contribution in [3.05, 3.63) is 35.4 Å². The number of esters is 1. The molecule has 4 heteroatoms. The van der Waals surface area contributed by atoms with Crippen LogP contribution in [-0.2, 0) is 25.6 Å². The second kappa shape index (κ2) is 7.84. The lowest BCUT2D eigenvalue weighted by Crippen LogP contribution is -2.29. The average molecular weight is 252 g/mol. The van der Waals surface area contributed by atoms with Gasteiger partial charge in [-0.25, -0.2) is 4.79 Å². The van der Waals surface area contributed by atoms with Crippen molar-refractivity contribution in [1.29, 1.82) is 0 Å². The first-order chi connectivity index (χ1) is 8.67. The van der Waals surface area contributed by atoms with Crippen LogP contribution in [0.25, 0.3) is 0 Å². The molecular formula is C14H20O4. The maximum atomic E-state index is 11.7. The SMILES string of the molecule is CCOC(OCC)C(=O)OCc1ccc(C)cc1. The predicted octanol–water partition coefficient (Wildman–Crippen LogP) is 2.44. The van der Waals surface area contributed by atoms with Crippen LogP contribution in [0.5, 0.6) is 0 Å². The number of aryl methyl sites for hydroxylation is 1. The van der Waals surface area contributed by atoms with Crippen molar-refractivity contribution >= 4 is 5.97 Å². The number of carbonyl (C=O) groups excluding carboxylic acids is 1. The normalized spacial score (nSPS) is 10.7. The first kappa shape index (κ1) is 14.7. The molecule has 0 aliphatic rings. The minimum Gasteiger partial charge on any atom is -0.457 e. The maximum Gasteiger partial charge on any atom is 0.363 e. The standard InChI is InChI=1S/C14H20O4/c1-4-16-14(17-5-2)13(15)18-10-12-8-6-11(3)7-9-12/h6-9,14H,4-5,10H2,1-3H3. The van der Waals surface area contributed by atoms with Crippen LogP contribution < -0.4 is 0 Å². The molecule has 0 saturated heterocycles. The summed E-state index contributed by atoms with van der Waals surface area (Å²) < 4.78 is 15.5. The minimum absolute atomic E-state index is 0.232. The van der Waals surface area contributed by atoms with Crippen molar-refractivity contribution in [3.8, 4) is 0 Å². The van der Waals surface area contributed by atoms with Gasteiger partial charge in [-0.05, 0) is 26.3 Å².